The largest absolute Gasteiger partial charge is 0.573 e. The van der Waals surface area contributed by atoms with Crippen molar-refractivity contribution in [3.8, 4) is 5.75 Å². The van der Waals surface area contributed by atoms with Crippen LogP contribution in [0.1, 0.15) is 0 Å². The number of ether oxygens (including phenoxy) is 1. The number of thiocarbonyl (C=S) groups is 1. The van der Waals surface area contributed by atoms with Crippen LogP contribution in [-0.2, 0) is 0 Å². The second-order valence-corrected chi connectivity index (χ2v) is 5.12. The second-order valence-electron chi connectivity index (χ2n) is 4.28. The van der Waals surface area contributed by atoms with Gasteiger partial charge in [-0.3, -0.25) is 0 Å². The molecule has 0 aliphatic carbocycles. The average molecular weight is 365 g/mol. The molecule has 2 N–H and O–H groups in total. The molecule has 0 amide bonds. The molecule has 0 fully saturated rings. The highest BCUT2D eigenvalue weighted by atomic mass is 35.5. The average Bonchev–Trinajstić information content (AvgIpc) is 2.40. The van der Waals surface area contributed by atoms with Gasteiger partial charge in [-0.25, -0.2) is 4.39 Å². The number of hydrogen-bond donors (Lipinski definition) is 2. The molecule has 0 saturated heterocycles. The van der Waals surface area contributed by atoms with Crippen LogP contribution in [0, 0.1) is 5.82 Å². The minimum Gasteiger partial charge on any atom is -0.406 e. The van der Waals surface area contributed by atoms with Gasteiger partial charge in [0.15, 0.2) is 5.11 Å². The summed E-state index contributed by atoms with van der Waals surface area (Å²) in [4.78, 5) is 0. The number of benzene rings is 2. The molecule has 0 aliphatic rings. The zero-order valence-corrected chi connectivity index (χ0v) is 12.8. The van der Waals surface area contributed by atoms with E-state index in [1.165, 1.54) is 24.3 Å². The molecule has 9 heteroatoms. The van der Waals surface area contributed by atoms with Crippen LogP contribution >= 0.6 is 23.8 Å². The van der Waals surface area contributed by atoms with Crippen molar-refractivity contribution in [1.82, 2.24) is 0 Å². The van der Waals surface area contributed by atoms with Crippen LogP contribution in [-0.4, -0.2) is 11.5 Å². The third-order valence-electron chi connectivity index (χ3n) is 2.50. The first kappa shape index (κ1) is 17.3. The Hall–Kier alpha value is -2.06. The molecule has 0 bridgehead atoms. The minimum absolute atomic E-state index is 0.00428. The Kier molecular flexibility index (Phi) is 5.27. The number of hydrogen-bond acceptors (Lipinski definition) is 2. The Morgan fingerprint density at radius 3 is 2.48 bits per heavy atom. The van der Waals surface area contributed by atoms with Crippen molar-refractivity contribution in [2.75, 3.05) is 10.6 Å². The number of halogens is 5. The maximum atomic E-state index is 13.6. The standard InChI is InChI=1S/C14H9ClF4N2OS/c15-8-4-5-12(11(16)6-8)21-13(23)20-9-2-1-3-10(7-9)22-14(17,18)19/h1-7H,(H2,20,21,23). The van der Waals surface area contributed by atoms with Gasteiger partial charge in [0.2, 0.25) is 0 Å². The summed E-state index contributed by atoms with van der Waals surface area (Å²) in [5.41, 5.74) is 0.327. The fraction of sp³-hybridized carbons (Fsp3) is 0.0714. The van der Waals surface area contributed by atoms with E-state index in [0.29, 0.717) is 0 Å². The van der Waals surface area contributed by atoms with Gasteiger partial charge in [0, 0.05) is 16.8 Å². The predicted molar refractivity (Wildman–Crippen MR) is 84.4 cm³/mol. The van der Waals surface area contributed by atoms with Gasteiger partial charge >= 0.3 is 6.36 Å². The molecule has 0 heterocycles. The summed E-state index contributed by atoms with van der Waals surface area (Å²) >= 11 is 10.6. The molecule has 122 valence electrons. The summed E-state index contributed by atoms with van der Waals surface area (Å²) in [5, 5.41) is 5.43. The Bertz CT molecular complexity index is 724. The number of nitrogens with one attached hydrogen (secondary N) is 2. The molecule has 0 aromatic heterocycles. The van der Waals surface area contributed by atoms with Crippen LogP contribution in [0.4, 0.5) is 28.9 Å². The van der Waals surface area contributed by atoms with Crippen molar-refractivity contribution >= 4 is 40.3 Å². The lowest BCUT2D eigenvalue weighted by Gasteiger charge is -2.13. The summed E-state index contributed by atoms with van der Waals surface area (Å²) < 4.78 is 53.9. The van der Waals surface area contributed by atoms with Crippen LogP contribution in [0.5, 0.6) is 5.75 Å². The van der Waals surface area contributed by atoms with Crippen molar-refractivity contribution in [3.05, 3.63) is 53.3 Å². The van der Waals surface area contributed by atoms with E-state index in [1.54, 1.807) is 0 Å². The number of rotatable bonds is 3. The predicted octanol–water partition coefficient (Wildman–Crippen LogP) is 5.19. The van der Waals surface area contributed by atoms with Gasteiger partial charge in [-0.2, -0.15) is 0 Å². The fourth-order valence-electron chi connectivity index (χ4n) is 1.65. The van der Waals surface area contributed by atoms with E-state index in [2.05, 4.69) is 15.4 Å². The number of anilines is 2. The molecule has 3 nitrogen and oxygen atoms in total. The first-order valence-electron chi connectivity index (χ1n) is 6.12. The maximum absolute atomic E-state index is 13.6. The smallest absolute Gasteiger partial charge is 0.406 e. The van der Waals surface area contributed by atoms with Crippen LogP contribution in [0.2, 0.25) is 5.02 Å². The van der Waals surface area contributed by atoms with E-state index in [4.69, 9.17) is 23.8 Å². The lowest BCUT2D eigenvalue weighted by Crippen LogP contribution is -2.20. The molecule has 0 atom stereocenters. The molecular weight excluding hydrogens is 356 g/mol. The Balaban J connectivity index is 2.04. The van der Waals surface area contributed by atoms with E-state index < -0.39 is 17.9 Å². The van der Waals surface area contributed by atoms with Gasteiger partial charge in [0.1, 0.15) is 11.6 Å². The molecule has 23 heavy (non-hydrogen) atoms. The highest BCUT2D eigenvalue weighted by Gasteiger charge is 2.31. The van der Waals surface area contributed by atoms with E-state index >= 15 is 0 Å². The summed E-state index contributed by atoms with van der Waals surface area (Å²) in [6, 6.07) is 9.05. The number of alkyl halides is 3. The summed E-state index contributed by atoms with van der Waals surface area (Å²) in [6.07, 6.45) is -4.79. The van der Waals surface area contributed by atoms with E-state index in [1.807, 2.05) is 0 Å². The maximum Gasteiger partial charge on any atom is 0.573 e. The zero-order chi connectivity index (χ0) is 17.0. The molecule has 2 aromatic carbocycles. The first-order chi connectivity index (χ1) is 10.7. The molecule has 2 aromatic rings. The molecule has 0 saturated carbocycles. The SMILES string of the molecule is Fc1cc(Cl)ccc1NC(=S)Nc1cccc(OC(F)(F)F)c1. The van der Waals surface area contributed by atoms with Gasteiger partial charge in [0.05, 0.1) is 5.69 Å². The van der Waals surface area contributed by atoms with Crippen LogP contribution < -0.4 is 15.4 Å². The third-order valence-corrected chi connectivity index (χ3v) is 2.94. The quantitative estimate of drug-likeness (QED) is 0.580. The highest BCUT2D eigenvalue weighted by Crippen LogP contribution is 2.25. The molecular formula is C14H9ClF4N2OS. The van der Waals surface area contributed by atoms with Crippen molar-refractivity contribution in [2.45, 2.75) is 6.36 Å². The third kappa shape index (κ3) is 5.57. The van der Waals surface area contributed by atoms with Crippen LogP contribution in [0.3, 0.4) is 0 Å². The van der Waals surface area contributed by atoms with Gasteiger partial charge in [0.25, 0.3) is 0 Å². The Labute approximate surface area is 139 Å². The fourth-order valence-corrected chi connectivity index (χ4v) is 2.03. The van der Waals surface area contributed by atoms with Crippen molar-refractivity contribution in [2.24, 2.45) is 0 Å². The Morgan fingerprint density at radius 1 is 1.09 bits per heavy atom. The Morgan fingerprint density at radius 2 is 1.83 bits per heavy atom. The minimum atomic E-state index is -4.79. The highest BCUT2D eigenvalue weighted by molar-refractivity contribution is 7.80. The van der Waals surface area contributed by atoms with Crippen LogP contribution in [0.25, 0.3) is 0 Å². The van der Waals surface area contributed by atoms with Crippen molar-refractivity contribution in [1.29, 1.82) is 0 Å². The van der Waals surface area contributed by atoms with Gasteiger partial charge in [-0.1, -0.05) is 17.7 Å². The molecule has 0 unspecified atom stereocenters. The lowest BCUT2D eigenvalue weighted by molar-refractivity contribution is -0.274. The van der Waals surface area contributed by atoms with Crippen molar-refractivity contribution in [3.63, 3.8) is 0 Å². The summed E-state index contributed by atoms with van der Waals surface area (Å²) in [6.45, 7) is 0. The molecule has 0 spiro atoms. The summed E-state index contributed by atoms with van der Waals surface area (Å²) in [7, 11) is 0. The van der Waals surface area contributed by atoms with Gasteiger partial charge in [-0.05, 0) is 42.5 Å². The zero-order valence-electron chi connectivity index (χ0n) is 11.2. The van der Waals surface area contributed by atoms with Crippen LogP contribution in [0.15, 0.2) is 42.5 Å². The van der Waals surface area contributed by atoms with E-state index in [-0.39, 0.29) is 21.5 Å². The molecule has 0 aliphatic heterocycles. The lowest BCUT2D eigenvalue weighted by atomic mass is 10.3. The molecule has 0 radical (unpaired) electrons. The van der Waals surface area contributed by atoms with Gasteiger partial charge < -0.3 is 15.4 Å². The van der Waals surface area contributed by atoms with E-state index in [0.717, 1.165) is 18.2 Å². The van der Waals surface area contributed by atoms with Gasteiger partial charge in [-0.15, -0.1) is 13.2 Å². The second kappa shape index (κ2) is 7.01. The summed E-state index contributed by atoms with van der Waals surface area (Å²) in [5.74, 6) is -1.02. The van der Waals surface area contributed by atoms with E-state index in [9.17, 15) is 17.6 Å². The normalized spacial score (nSPS) is 11.0. The first-order valence-corrected chi connectivity index (χ1v) is 6.90. The molecule has 2 rings (SSSR count). The van der Waals surface area contributed by atoms with Crippen molar-refractivity contribution < 1.29 is 22.3 Å². The monoisotopic (exact) mass is 364 g/mol. The topological polar surface area (TPSA) is 33.3 Å².